The van der Waals surface area contributed by atoms with E-state index >= 15 is 0 Å². The van der Waals surface area contributed by atoms with Gasteiger partial charge in [-0.2, -0.15) is 0 Å². The largest absolute Gasteiger partial charge is 0.396 e. The van der Waals surface area contributed by atoms with Crippen molar-refractivity contribution in [2.24, 2.45) is 5.41 Å². The number of urea groups is 1. The number of nitrogens with zero attached hydrogens (tertiary/aromatic N) is 1. The number of nitrogens with one attached hydrogen (secondary N) is 2. The molecule has 0 radical (unpaired) electrons. The summed E-state index contributed by atoms with van der Waals surface area (Å²) in [6.07, 6.45) is 3.51. The molecule has 1 aliphatic rings. The highest BCUT2D eigenvalue weighted by Crippen LogP contribution is 2.44. The number of amides is 2. The van der Waals surface area contributed by atoms with Gasteiger partial charge in [0, 0.05) is 30.5 Å². The first kappa shape index (κ1) is 14.8. The normalized spacial score (nSPS) is 15.9. The zero-order chi connectivity index (χ0) is 14.6. The molecule has 0 unspecified atom stereocenters. The van der Waals surface area contributed by atoms with Gasteiger partial charge >= 0.3 is 6.03 Å². The minimum atomic E-state index is -0.213. The Hall–Kier alpha value is -1.56. The number of aliphatic hydroxyl groups excluding tert-OH is 1. The van der Waals surface area contributed by atoms with E-state index in [1.54, 1.807) is 0 Å². The van der Waals surface area contributed by atoms with Crippen LogP contribution in [-0.4, -0.2) is 29.4 Å². The lowest BCUT2D eigenvalue weighted by Crippen LogP contribution is -2.39. The van der Waals surface area contributed by atoms with Gasteiger partial charge in [-0.05, 0) is 19.3 Å². The lowest BCUT2D eigenvalue weighted by atomic mass is 10.1. The predicted octanol–water partition coefficient (Wildman–Crippen LogP) is 1.37. The van der Waals surface area contributed by atoms with E-state index in [1.807, 2.05) is 13.8 Å². The zero-order valence-electron chi connectivity index (χ0n) is 12.2. The predicted molar refractivity (Wildman–Crippen MR) is 74.3 cm³/mol. The molecule has 0 saturated heterocycles. The number of carbonyl (C=O) groups excluding carboxylic acids is 1. The summed E-state index contributed by atoms with van der Waals surface area (Å²) in [7, 11) is 0. The Balaban J connectivity index is 1.82. The molecule has 6 nitrogen and oxygen atoms in total. The van der Waals surface area contributed by atoms with Crippen molar-refractivity contribution >= 4 is 6.03 Å². The Morgan fingerprint density at radius 3 is 2.65 bits per heavy atom. The molecule has 0 atom stereocenters. The van der Waals surface area contributed by atoms with E-state index in [1.165, 1.54) is 0 Å². The molecule has 2 rings (SSSR count). The van der Waals surface area contributed by atoms with Crippen molar-refractivity contribution in [2.45, 2.75) is 46.1 Å². The summed E-state index contributed by atoms with van der Waals surface area (Å²) in [5, 5.41) is 18.8. The molecular weight excluding hydrogens is 258 g/mol. The van der Waals surface area contributed by atoms with E-state index < -0.39 is 0 Å². The summed E-state index contributed by atoms with van der Waals surface area (Å²) in [5.74, 6) is 0.830. The van der Waals surface area contributed by atoms with Crippen LogP contribution in [0.25, 0.3) is 0 Å². The highest BCUT2D eigenvalue weighted by Gasteiger charge is 2.42. The summed E-state index contributed by atoms with van der Waals surface area (Å²) in [6.45, 7) is 5.10. The molecule has 1 aromatic heterocycles. The maximum atomic E-state index is 11.8. The molecule has 1 saturated carbocycles. The zero-order valence-corrected chi connectivity index (χ0v) is 12.2. The van der Waals surface area contributed by atoms with Gasteiger partial charge in [-0.15, -0.1) is 0 Å². The van der Waals surface area contributed by atoms with Gasteiger partial charge in [0.1, 0.15) is 5.76 Å². The Morgan fingerprint density at radius 1 is 1.35 bits per heavy atom. The van der Waals surface area contributed by atoms with Gasteiger partial charge in [-0.25, -0.2) is 4.79 Å². The monoisotopic (exact) mass is 281 g/mol. The van der Waals surface area contributed by atoms with Gasteiger partial charge in [-0.1, -0.05) is 19.0 Å². The molecule has 1 heterocycles. The molecule has 0 aliphatic heterocycles. The summed E-state index contributed by atoms with van der Waals surface area (Å²) in [6, 6.07) is -0.213. The van der Waals surface area contributed by atoms with Crippen LogP contribution in [0.4, 0.5) is 4.79 Å². The number of rotatable bonds is 7. The maximum absolute atomic E-state index is 11.8. The van der Waals surface area contributed by atoms with Crippen LogP contribution in [0.5, 0.6) is 0 Å². The van der Waals surface area contributed by atoms with E-state index in [0.717, 1.165) is 42.7 Å². The smallest absolute Gasteiger partial charge is 0.315 e. The van der Waals surface area contributed by atoms with Crippen molar-refractivity contribution in [1.29, 1.82) is 0 Å². The molecule has 0 bridgehead atoms. The van der Waals surface area contributed by atoms with E-state index in [9.17, 15) is 9.90 Å². The van der Waals surface area contributed by atoms with Gasteiger partial charge in [-0.3, -0.25) is 0 Å². The quantitative estimate of drug-likeness (QED) is 0.704. The van der Waals surface area contributed by atoms with Crippen LogP contribution in [0.15, 0.2) is 4.52 Å². The molecule has 6 heteroatoms. The third-order valence-electron chi connectivity index (χ3n) is 3.95. The van der Waals surface area contributed by atoms with Gasteiger partial charge in [0.2, 0.25) is 0 Å². The summed E-state index contributed by atoms with van der Waals surface area (Å²) in [4.78, 5) is 11.8. The Bertz CT molecular complexity index is 445. The van der Waals surface area contributed by atoms with E-state index in [-0.39, 0.29) is 18.1 Å². The van der Waals surface area contributed by atoms with Crippen molar-refractivity contribution in [3.05, 3.63) is 17.0 Å². The minimum Gasteiger partial charge on any atom is -0.396 e. The molecule has 3 N–H and O–H groups in total. The fourth-order valence-electron chi connectivity index (χ4n) is 2.20. The van der Waals surface area contributed by atoms with Gasteiger partial charge in [0.15, 0.2) is 0 Å². The molecule has 0 aromatic carbocycles. The Labute approximate surface area is 118 Å². The molecule has 112 valence electrons. The van der Waals surface area contributed by atoms with Crippen LogP contribution < -0.4 is 10.6 Å². The number of hydrogen-bond acceptors (Lipinski definition) is 4. The van der Waals surface area contributed by atoms with Gasteiger partial charge < -0.3 is 20.3 Å². The standard InChI is InChI=1S/C14H23N3O3/c1-3-11-10(12(4-2)20-17-11)7-15-13(19)16-8-14(9-18)5-6-14/h18H,3-9H2,1-2H3,(H2,15,16,19). The molecular formula is C14H23N3O3. The average Bonchev–Trinajstić information content (AvgIpc) is 3.15. The summed E-state index contributed by atoms with van der Waals surface area (Å²) in [5.41, 5.74) is 1.81. The van der Waals surface area contributed by atoms with Crippen molar-refractivity contribution in [1.82, 2.24) is 15.8 Å². The minimum absolute atomic E-state index is 0.0717. The van der Waals surface area contributed by atoms with Crippen LogP contribution in [-0.2, 0) is 19.4 Å². The second kappa shape index (κ2) is 6.26. The third kappa shape index (κ3) is 3.30. The molecule has 0 spiro atoms. The van der Waals surface area contributed by atoms with Crippen LogP contribution in [0.3, 0.4) is 0 Å². The fraction of sp³-hybridized carbons (Fsp3) is 0.714. The first-order valence-electron chi connectivity index (χ1n) is 7.23. The second-order valence-electron chi connectivity index (χ2n) is 5.43. The SMILES string of the molecule is CCc1noc(CC)c1CNC(=O)NCC1(CO)CC1. The van der Waals surface area contributed by atoms with E-state index in [4.69, 9.17) is 4.52 Å². The Morgan fingerprint density at radius 2 is 2.10 bits per heavy atom. The number of carbonyl (C=O) groups is 1. The van der Waals surface area contributed by atoms with Crippen molar-refractivity contribution < 1.29 is 14.4 Å². The molecule has 1 fully saturated rings. The third-order valence-corrected chi connectivity index (χ3v) is 3.95. The van der Waals surface area contributed by atoms with E-state index in [2.05, 4.69) is 15.8 Å². The summed E-state index contributed by atoms with van der Waals surface area (Å²) >= 11 is 0. The van der Waals surface area contributed by atoms with Crippen molar-refractivity contribution in [2.75, 3.05) is 13.2 Å². The molecule has 1 aliphatic carbocycles. The highest BCUT2D eigenvalue weighted by molar-refractivity contribution is 5.74. The van der Waals surface area contributed by atoms with Crippen LogP contribution in [0.1, 0.15) is 43.7 Å². The highest BCUT2D eigenvalue weighted by atomic mass is 16.5. The van der Waals surface area contributed by atoms with Gasteiger partial charge in [0.25, 0.3) is 0 Å². The van der Waals surface area contributed by atoms with E-state index in [0.29, 0.717) is 13.1 Å². The number of aromatic nitrogens is 1. The lowest BCUT2D eigenvalue weighted by Gasteiger charge is -2.13. The maximum Gasteiger partial charge on any atom is 0.315 e. The molecule has 1 aromatic rings. The van der Waals surface area contributed by atoms with Crippen LogP contribution in [0.2, 0.25) is 0 Å². The fourth-order valence-corrected chi connectivity index (χ4v) is 2.20. The number of aryl methyl sites for hydroxylation is 2. The van der Waals surface area contributed by atoms with Crippen molar-refractivity contribution in [3.8, 4) is 0 Å². The second-order valence-corrected chi connectivity index (χ2v) is 5.43. The van der Waals surface area contributed by atoms with Crippen molar-refractivity contribution in [3.63, 3.8) is 0 Å². The Kier molecular flexibility index (Phi) is 4.65. The molecule has 20 heavy (non-hydrogen) atoms. The van der Waals surface area contributed by atoms with Crippen LogP contribution >= 0.6 is 0 Å². The average molecular weight is 281 g/mol. The summed E-state index contributed by atoms with van der Waals surface area (Å²) < 4.78 is 5.25. The topological polar surface area (TPSA) is 87.4 Å². The first-order valence-corrected chi connectivity index (χ1v) is 7.23. The van der Waals surface area contributed by atoms with Crippen LogP contribution in [0, 0.1) is 5.41 Å². The number of hydrogen-bond donors (Lipinski definition) is 3. The number of aliphatic hydroxyl groups is 1. The lowest BCUT2D eigenvalue weighted by molar-refractivity contribution is 0.203. The van der Waals surface area contributed by atoms with Gasteiger partial charge in [0.05, 0.1) is 12.3 Å². The molecule has 2 amide bonds. The first-order chi connectivity index (χ1) is 9.64.